The maximum absolute atomic E-state index is 12.8. The minimum Gasteiger partial charge on any atom is -0.352 e. The molecule has 47 heavy (non-hydrogen) atoms. The van der Waals surface area contributed by atoms with Crippen molar-refractivity contribution in [2.45, 2.75) is 33.1 Å². The summed E-state index contributed by atoms with van der Waals surface area (Å²) in [5.41, 5.74) is 2.41. The zero-order valence-electron chi connectivity index (χ0n) is 23.6. The second kappa shape index (κ2) is 14.4. The molecule has 19 heteroatoms. The van der Waals surface area contributed by atoms with E-state index in [4.69, 9.17) is 23.2 Å². The summed E-state index contributed by atoms with van der Waals surface area (Å²) >= 11 is 12.8. The van der Waals surface area contributed by atoms with Crippen molar-refractivity contribution in [3.8, 4) is 0 Å². The normalized spacial score (nSPS) is 12.4. The van der Waals surface area contributed by atoms with Gasteiger partial charge in [-0.15, -0.1) is 22.9 Å². The molecule has 0 unspecified atom stereocenters. The first-order chi connectivity index (χ1) is 22.2. The van der Waals surface area contributed by atoms with E-state index in [-0.39, 0.29) is 13.1 Å². The molecule has 7 rings (SSSR count). The van der Waals surface area contributed by atoms with Crippen LogP contribution in [0.2, 0.25) is 5.15 Å². The van der Waals surface area contributed by atoms with Gasteiger partial charge in [0, 0.05) is 42.2 Å². The van der Waals surface area contributed by atoms with Crippen molar-refractivity contribution in [3.63, 3.8) is 0 Å². The van der Waals surface area contributed by atoms with Crippen LogP contribution in [-0.4, -0.2) is 69.5 Å². The highest BCUT2D eigenvalue weighted by molar-refractivity contribution is 7.15. The van der Waals surface area contributed by atoms with Crippen LogP contribution in [-0.2, 0) is 25.7 Å². The molecule has 13 nitrogen and oxygen atoms in total. The maximum Gasteiger partial charge on any atom is 0.416 e. The fourth-order valence-electron chi connectivity index (χ4n) is 4.74. The van der Waals surface area contributed by atoms with Gasteiger partial charge in [0.15, 0.2) is 16.1 Å². The third-order valence-electron chi connectivity index (χ3n) is 6.82. The van der Waals surface area contributed by atoms with Gasteiger partial charge in [-0.05, 0) is 18.2 Å². The van der Waals surface area contributed by atoms with Gasteiger partial charge in [-0.25, -0.2) is 29.7 Å². The van der Waals surface area contributed by atoms with Gasteiger partial charge >= 0.3 is 12.2 Å². The van der Waals surface area contributed by atoms with Gasteiger partial charge in [-0.1, -0.05) is 25.1 Å². The second-order valence-corrected chi connectivity index (χ2v) is 11.6. The Morgan fingerprint density at radius 1 is 0.936 bits per heavy atom. The smallest absolute Gasteiger partial charge is 0.352 e. The number of nitrogens with one attached hydrogen (secondary N) is 2. The average molecular weight is 708 g/mol. The molecule has 246 valence electrons. The van der Waals surface area contributed by atoms with Crippen LogP contribution in [0, 0.1) is 0 Å². The van der Waals surface area contributed by atoms with Crippen molar-refractivity contribution >= 4 is 79.3 Å². The summed E-state index contributed by atoms with van der Waals surface area (Å²) in [6.45, 7) is 2.83. The van der Waals surface area contributed by atoms with Crippen molar-refractivity contribution in [2.24, 2.45) is 0 Å². The summed E-state index contributed by atoms with van der Waals surface area (Å²) in [6.07, 6.45) is 4.20. The van der Waals surface area contributed by atoms with E-state index in [1.165, 1.54) is 36.1 Å². The van der Waals surface area contributed by atoms with Gasteiger partial charge in [0.1, 0.15) is 34.7 Å². The van der Waals surface area contributed by atoms with Crippen molar-refractivity contribution in [3.05, 3.63) is 71.1 Å². The maximum atomic E-state index is 12.8. The highest BCUT2D eigenvalue weighted by Crippen LogP contribution is 2.31. The summed E-state index contributed by atoms with van der Waals surface area (Å²) in [5.74, 6) is 1.33. The number of carbonyl (C=O) groups is 1. The van der Waals surface area contributed by atoms with Crippen molar-refractivity contribution < 1.29 is 18.0 Å². The number of nitrogens with zero attached hydrogens (tertiary/aromatic N) is 10. The predicted molar refractivity (Wildman–Crippen MR) is 175 cm³/mol. The molecule has 6 aromatic rings. The molecule has 0 fully saturated rings. The molecule has 1 aliphatic rings. The minimum absolute atomic E-state index is 0. The molecule has 1 aromatic carbocycles. The van der Waals surface area contributed by atoms with Crippen LogP contribution >= 0.6 is 34.5 Å². The van der Waals surface area contributed by atoms with Gasteiger partial charge in [0.05, 0.1) is 31.0 Å². The number of aryl methyl sites for hydroxylation is 1. The molecular weight excluding hydrogens is 680 g/mol. The standard InChI is InChI=1S/C20H17F3N8OS.C7H6Cl2N4.CH4/c21-20(22,23)12-2-1-3-13(8-12)28-18(32)29-19-24-9-14(33-19)4-5-30-6-7-31-16-15(10-27-31)25-11-26-17(16)30;8-1-2-13-6-5(3-12-13)10-4-11-7(6)9;/h1-3,8-11H,4-7H2,(H2,24,28,29,32);3-4H,1-2H2;1H4. The molecule has 5 aromatic heterocycles. The summed E-state index contributed by atoms with van der Waals surface area (Å²) in [6, 6.07) is 3.78. The second-order valence-electron chi connectivity index (χ2n) is 9.78. The van der Waals surface area contributed by atoms with E-state index in [9.17, 15) is 18.0 Å². The van der Waals surface area contributed by atoms with Crippen LogP contribution in [0.25, 0.3) is 22.1 Å². The quantitative estimate of drug-likeness (QED) is 0.143. The Kier molecular flexibility index (Phi) is 10.4. The van der Waals surface area contributed by atoms with E-state index in [1.807, 2.05) is 4.68 Å². The number of anilines is 3. The van der Waals surface area contributed by atoms with Crippen LogP contribution in [0.3, 0.4) is 0 Å². The lowest BCUT2D eigenvalue weighted by Crippen LogP contribution is -2.34. The highest BCUT2D eigenvalue weighted by atomic mass is 35.5. The fourth-order valence-corrected chi connectivity index (χ4v) is 5.93. The Balaban J connectivity index is 0.000000260. The monoisotopic (exact) mass is 706 g/mol. The first kappa shape index (κ1) is 33.7. The van der Waals surface area contributed by atoms with Gasteiger partial charge in [-0.2, -0.15) is 23.4 Å². The number of hydrogen-bond acceptors (Lipinski definition) is 10. The number of aromatic nitrogens is 9. The molecule has 0 saturated carbocycles. The molecule has 0 radical (unpaired) electrons. The third kappa shape index (κ3) is 7.69. The predicted octanol–water partition coefficient (Wildman–Crippen LogP) is 6.36. The number of urea groups is 1. The molecule has 6 heterocycles. The largest absolute Gasteiger partial charge is 0.416 e. The number of thiazole rings is 1. The minimum atomic E-state index is -4.48. The van der Waals surface area contributed by atoms with Crippen LogP contribution in [0.1, 0.15) is 17.9 Å². The Morgan fingerprint density at radius 2 is 1.70 bits per heavy atom. The number of amides is 2. The van der Waals surface area contributed by atoms with Crippen LogP contribution in [0.5, 0.6) is 0 Å². The lowest BCUT2D eigenvalue weighted by Gasteiger charge is -2.28. The molecule has 0 bridgehead atoms. The summed E-state index contributed by atoms with van der Waals surface area (Å²) in [4.78, 5) is 36.1. The van der Waals surface area contributed by atoms with Crippen LogP contribution in [0.4, 0.5) is 34.6 Å². The fraction of sp³-hybridized carbons (Fsp3) is 0.286. The van der Waals surface area contributed by atoms with E-state index in [1.54, 1.807) is 23.3 Å². The molecule has 2 amide bonds. The molecule has 0 saturated heterocycles. The molecule has 0 aliphatic carbocycles. The number of benzene rings is 1. The van der Waals surface area contributed by atoms with Gasteiger partial charge in [0.25, 0.3) is 0 Å². The topological polar surface area (TPSA) is 144 Å². The third-order valence-corrected chi connectivity index (χ3v) is 8.24. The Bertz CT molecular complexity index is 2000. The van der Waals surface area contributed by atoms with Crippen molar-refractivity contribution in [1.29, 1.82) is 0 Å². The van der Waals surface area contributed by atoms with Crippen LogP contribution in [0.15, 0.2) is 55.5 Å². The van der Waals surface area contributed by atoms with Gasteiger partial charge in [-0.3, -0.25) is 14.7 Å². The van der Waals surface area contributed by atoms with Crippen molar-refractivity contribution in [2.75, 3.05) is 34.5 Å². The summed E-state index contributed by atoms with van der Waals surface area (Å²) in [7, 11) is 0. The average Bonchev–Trinajstić information content (AvgIpc) is 3.77. The molecule has 2 N–H and O–H groups in total. The molecule has 0 spiro atoms. The molecular formula is C28H27Cl2F3N12OS. The molecule has 1 aliphatic heterocycles. The Labute approximate surface area is 279 Å². The number of halogens is 5. The van der Waals surface area contributed by atoms with E-state index < -0.39 is 17.8 Å². The van der Waals surface area contributed by atoms with Crippen molar-refractivity contribution in [1.82, 2.24) is 44.5 Å². The number of alkyl halides is 4. The zero-order chi connectivity index (χ0) is 32.3. The molecule has 0 atom stereocenters. The SMILES string of the molecule is C.ClCCn1ncc2ncnc(Cl)c21.O=C(Nc1cccc(C(F)(F)F)c1)Nc1ncc(CCN2CCn3ncc4ncnc2c43)s1. The van der Waals surface area contributed by atoms with E-state index in [0.717, 1.165) is 58.0 Å². The van der Waals surface area contributed by atoms with Crippen LogP contribution < -0.4 is 15.5 Å². The lowest BCUT2D eigenvalue weighted by atomic mass is 10.2. The van der Waals surface area contributed by atoms with E-state index >= 15 is 0 Å². The number of hydrogen-bond donors (Lipinski definition) is 2. The van der Waals surface area contributed by atoms with Gasteiger partial charge < -0.3 is 10.2 Å². The first-order valence-corrected chi connectivity index (χ1v) is 15.4. The Morgan fingerprint density at radius 3 is 2.49 bits per heavy atom. The first-order valence-electron chi connectivity index (χ1n) is 13.7. The number of carbonyl (C=O) groups excluding carboxylic acids is 1. The van der Waals surface area contributed by atoms with E-state index in [2.05, 4.69) is 50.7 Å². The van der Waals surface area contributed by atoms with E-state index in [0.29, 0.717) is 35.7 Å². The Hall–Kier alpha value is -4.61. The summed E-state index contributed by atoms with van der Waals surface area (Å²) < 4.78 is 42.1. The summed E-state index contributed by atoms with van der Waals surface area (Å²) in [5, 5.41) is 14.2. The number of rotatable bonds is 7. The number of fused-ring (bicyclic) bond motifs is 1. The lowest BCUT2D eigenvalue weighted by molar-refractivity contribution is -0.137. The van der Waals surface area contributed by atoms with Gasteiger partial charge in [0.2, 0.25) is 0 Å². The highest BCUT2D eigenvalue weighted by Gasteiger charge is 2.30. The zero-order valence-corrected chi connectivity index (χ0v) is 25.9.